The highest BCUT2D eigenvalue weighted by Gasteiger charge is 2.17. The van der Waals surface area contributed by atoms with Gasteiger partial charge in [-0.1, -0.05) is 26.2 Å². The van der Waals surface area contributed by atoms with Gasteiger partial charge in [0.05, 0.1) is 28.9 Å². The Bertz CT molecular complexity index is 754. The number of pyridine rings is 1. The fourth-order valence-electron chi connectivity index (χ4n) is 3.27. The Morgan fingerprint density at radius 2 is 1.91 bits per heavy atom. The fraction of sp³-hybridized carbons (Fsp3) is 0.667. The number of aryl methyl sites for hydroxylation is 1. The van der Waals surface area contributed by atoms with E-state index in [1.165, 1.54) is 29.2 Å². The minimum atomic E-state index is -0.485. The summed E-state index contributed by atoms with van der Waals surface area (Å²) in [6, 6.07) is 3.65. The second kappa shape index (κ2) is 15.3. The normalized spacial score (nSPS) is 12.7. The molecule has 0 aliphatic heterocycles. The number of rotatable bonds is 15. The highest BCUT2D eigenvalue weighted by atomic mass is 16.6. The summed E-state index contributed by atoms with van der Waals surface area (Å²) in [7, 11) is 3.28. The summed E-state index contributed by atoms with van der Waals surface area (Å²) >= 11 is 0. The van der Waals surface area contributed by atoms with Crippen LogP contribution >= 0.6 is 0 Å². The van der Waals surface area contributed by atoms with E-state index in [4.69, 9.17) is 26.2 Å². The van der Waals surface area contributed by atoms with Gasteiger partial charge in [-0.15, -0.1) is 0 Å². The molecule has 1 aromatic rings. The van der Waals surface area contributed by atoms with Crippen LogP contribution in [0.25, 0.3) is 5.70 Å². The standard InChI is InChI=1S/C24H43N5O4/c1-6-7-8-9-12-18(2)33-22-14-13-20(27-19(22)3)23(25)21(29(5)26)17-32-24(31)28(4)15-10-11-16-30/h13-14,18,30H,6-12,15-17,25-26H2,1-5H3/b23-21-. The van der Waals surface area contributed by atoms with Crippen molar-refractivity contribution >= 4 is 11.8 Å². The molecule has 0 saturated heterocycles. The second-order valence-corrected chi connectivity index (χ2v) is 8.44. The number of hydrazine groups is 1. The smallest absolute Gasteiger partial charge is 0.409 e. The molecule has 9 nitrogen and oxygen atoms in total. The van der Waals surface area contributed by atoms with E-state index in [2.05, 4.69) is 18.8 Å². The summed E-state index contributed by atoms with van der Waals surface area (Å²) in [6.45, 7) is 6.65. The molecule has 0 saturated carbocycles. The van der Waals surface area contributed by atoms with E-state index >= 15 is 0 Å². The van der Waals surface area contributed by atoms with Crippen LogP contribution in [0.2, 0.25) is 0 Å². The highest BCUT2D eigenvalue weighted by Crippen LogP contribution is 2.22. The van der Waals surface area contributed by atoms with Gasteiger partial charge >= 0.3 is 6.09 Å². The number of likely N-dealkylation sites (N-methyl/N-ethyl adjacent to an activating group) is 1. The minimum Gasteiger partial charge on any atom is -0.489 e. The van der Waals surface area contributed by atoms with Gasteiger partial charge in [-0.3, -0.25) is 0 Å². The Morgan fingerprint density at radius 3 is 2.52 bits per heavy atom. The molecule has 5 N–H and O–H groups in total. The molecule has 0 aliphatic carbocycles. The zero-order chi connectivity index (χ0) is 24.8. The predicted octanol–water partition coefficient (Wildman–Crippen LogP) is 3.40. The number of carbonyl (C=O) groups is 1. The third-order valence-corrected chi connectivity index (χ3v) is 5.39. The Kier molecular flexibility index (Phi) is 13.3. The van der Waals surface area contributed by atoms with Crippen LogP contribution < -0.4 is 16.3 Å². The van der Waals surface area contributed by atoms with Gasteiger partial charge in [-0.25, -0.2) is 15.6 Å². The first-order chi connectivity index (χ1) is 15.7. The zero-order valence-electron chi connectivity index (χ0n) is 21.0. The summed E-state index contributed by atoms with van der Waals surface area (Å²) in [6.07, 6.45) is 6.79. The molecule has 33 heavy (non-hydrogen) atoms. The number of aliphatic hydroxyl groups excluding tert-OH is 1. The van der Waals surface area contributed by atoms with E-state index in [0.29, 0.717) is 36.5 Å². The molecular formula is C24H43N5O4. The fourth-order valence-corrected chi connectivity index (χ4v) is 3.27. The summed E-state index contributed by atoms with van der Waals surface area (Å²) in [5.74, 6) is 6.68. The van der Waals surface area contributed by atoms with Crippen molar-refractivity contribution in [2.75, 3.05) is 33.9 Å². The molecule has 0 radical (unpaired) electrons. The first kappa shape index (κ1) is 28.5. The Morgan fingerprint density at radius 1 is 1.18 bits per heavy atom. The molecule has 1 atom stereocenters. The van der Waals surface area contributed by atoms with E-state index in [-0.39, 0.29) is 19.3 Å². The van der Waals surface area contributed by atoms with Crippen LogP contribution in [0, 0.1) is 6.92 Å². The van der Waals surface area contributed by atoms with Gasteiger partial charge in [0.15, 0.2) is 0 Å². The lowest BCUT2D eigenvalue weighted by Gasteiger charge is -2.22. The van der Waals surface area contributed by atoms with Crippen molar-refractivity contribution in [3.05, 3.63) is 29.2 Å². The van der Waals surface area contributed by atoms with Gasteiger partial charge in [0.25, 0.3) is 0 Å². The molecule has 1 rings (SSSR count). The average molecular weight is 466 g/mol. The minimum absolute atomic E-state index is 0.0875. The van der Waals surface area contributed by atoms with Crippen molar-refractivity contribution in [2.24, 2.45) is 11.6 Å². The maximum atomic E-state index is 12.2. The Labute approximate surface area is 198 Å². The monoisotopic (exact) mass is 465 g/mol. The number of hydrogen-bond acceptors (Lipinski definition) is 8. The molecule has 1 heterocycles. The number of carbonyl (C=O) groups excluding carboxylic acids is 1. The number of unbranched alkanes of at least 4 members (excludes halogenated alkanes) is 4. The van der Waals surface area contributed by atoms with Gasteiger partial charge in [-0.2, -0.15) is 0 Å². The third-order valence-electron chi connectivity index (χ3n) is 5.39. The van der Waals surface area contributed by atoms with Crippen molar-refractivity contribution in [3.63, 3.8) is 0 Å². The molecule has 1 unspecified atom stereocenters. The number of amides is 1. The maximum Gasteiger partial charge on any atom is 0.409 e. The quantitative estimate of drug-likeness (QED) is 0.204. The maximum absolute atomic E-state index is 12.2. The van der Waals surface area contributed by atoms with Crippen LogP contribution in [-0.2, 0) is 4.74 Å². The summed E-state index contributed by atoms with van der Waals surface area (Å²) < 4.78 is 11.4. The summed E-state index contributed by atoms with van der Waals surface area (Å²) in [5.41, 5.74) is 8.38. The molecule has 0 aliphatic rings. The highest BCUT2D eigenvalue weighted by molar-refractivity contribution is 5.68. The lowest BCUT2D eigenvalue weighted by Crippen LogP contribution is -2.34. The molecule has 0 spiro atoms. The molecule has 1 aromatic heterocycles. The Balaban J connectivity index is 2.81. The first-order valence-corrected chi connectivity index (χ1v) is 11.8. The van der Waals surface area contributed by atoms with Gasteiger partial charge in [0.1, 0.15) is 12.4 Å². The van der Waals surface area contributed by atoms with Gasteiger partial charge in [0, 0.05) is 27.2 Å². The van der Waals surface area contributed by atoms with Gasteiger partial charge in [-0.05, 0) is 51.7 Å². The van der Waals surface area contributed by atoms with Crippen LogP contribution in [0.3, 0.4) is 0 Å². The van der Waals surface area contributed by atoms with Crippen LogP contribution in [0.5, 0.6) is 5.75 Å². The van der Waals surface area contributed by atoms with E-state index in [9.17, 15) is 4.79 Å². The summed E-state index contributed by atoms with van der Waals surface area (Å²) in [5, 5.41) is 10.2. The second-order valence-electron chi connectivity index (χ2n) is 8.44. The molecule has 0 fully saturated rings. The van der Waals surface area contributed by atoms with Gasteiger partial charge in [0.2, 0.25) is 0 Å². The average Bonchev–Trinajstić information content (AvgIpc) is 2.77. The van der Waals surface area contributed by atoms with Gasteiger partial charge < -0.3 is 30.2 Å². The van der Waals surface area contributed by atoms with Crippen molar-refractivity contribution < 1.29 is 19.4 Å². The molecule has 0 bridgehead atoms. The molecule has 1 amide bonds. The van der Waals surface area contributed by atoms with Crippen molar-refractivity contribution in [1.82, 2.24) is 14.9 Å². The molecule has 188 valence electrons. The van der Waals surface area contributed by atoms with Crippen LogP contribution in [-0.4, -0.2) is 66.1 Å². The van der Waals surface area contributed by atoms with Crippen LogP contribution in [0.15, 0.2) is 17.8 Å². The predicted molar refractivity (Wildman–Crippen MR) is 131 cm³/mol. The first-order valence-electron chi connectivity index (χ1n) is 11.8. The number of nitrogens with zero attached hydrogens (tertiary/aromatic N) is 3. The van der Waals surface area contributed by atoms with Crippen LogP contribution in [0.4, 0.5) is 4.79 Å². The topological polar surface area (TPSA) is 127 Å². The number of ether oxygens (including phenoxy) is 2. The Hall–Kier alpha value is -2.52. The van der Waals surface area contributed by atoms with E-state index in [0.717, 1.165) is 24.3 Å². The van der Waals surface area contributed by atoms with Crippen LogP contribution in [0.1, 0.15) is 70.2 Å². The number of nitrogens with two attached hydrogens (primary N) is 2. The van der Waals surface area contributed by atoms with E-state index in [1.54, 1.807) is 20.2 Å². The zero-order valence-corrected chi connectivity index (χ0v) is 21.0. The third kappa shape index (κ3) is 10.3. The number of hydrogen-bond donors (Lipinski definition) is 3. The number of aliphatic hydroxyl groups is 1. The summed E-state index contributed by atoms with van der Waals surface area (Å²) in [4.78, 5) is 18.3. The molecular weight excluding hydrogens is 422 g/mol. The lowest BCUT2D eigenvalue weighted by molar-refractivity contribution is 0.112. The lowest BCUT2D eigenvalue weighted by atomic mass is 10.1. The van der Waals surface area contributed by atoms with Crippen molar-refractivity contribution in [2.45, 2.75) is 71.8 Å². The molecule has 0 aromatic carbocycles. The molecule has 9 heteroatoms. The number of aromatic nitrogens is 1. The SMILES string of the molecule is CCCCCCC(C)Oc1ccc(/C(N)=C(\COC(=O)N(C)CCCCO)N(C)N)nc1C. The van der Waals surface area contributed by atoms with Crippen molar-refractivity contribution in [3.8, 4) is 5.75 Å². The van der Waals surface area contributed by atoms with E-state index < -0.39 is 6.09 Å². The largest absolute Gasteiger partial charge is 0.489 e. The van der Waals surface area contributed by atoms with E-state index in [1.807, 2.05) is 13.0 Å². The van der Waals surface area contributed by atoms with Crippen molar-refractivity contribution in [1.29, 1.82) is 0 Å².